The van der Waals surface area contributed by atoms with E-state index < -0.39 is 0 Å². The van der Waals surface area contributed by atoms with Gasteiger partial charge in [0.2, 0.25) is 6.79 Å². The monoisotopic (exact) mass is 378 g/mol. The van der Waals surface area contributed by atoms with Crippen LogP contribution >= 0.6 is 31.9 Å². The summed E-state index contributed by atoms with van der Waals surface area (Å²) in [6.07, 6.45) is 0. The number of hydrogen-bond acceptors (Lipinski definition) is 2. The SMILES string of the molecule is Brc1ccc2ccc3c(Br)cc4c(c3c2c1)OCO4. The highest BCUT2D eigenvalue weighted by Crippen LogP contribution is 2.46. The van der Waals surface area contributed by atoms with Crippen molar-refractivity contribution in [2.45, 2.75) is 0 Å². The number of halogens is 2. The van der Waals surface area contributed by atoms with Gasteiger partial charge in [-0.05, 0) is 29.0 Å². The maximum atomic E-state index is 5.66. The lowest BCUT2D eigenvalue weighted by atomic mass is 10.0. The summed E-state index contributed by atoms with van der Waals surface area (Å²) in [5.74, 6) is 1.63. The molecule has 0 unspecified atom stereocenters. The van der Waals surface area contributed by atoms with Crippen LogP contribution in [0.4, 0.5) is 0 Å². The van der Waals surface area contributed by atoms with Gasteiger partial charge in [-0.3, -0.25) is 0 Å². The first-order valence-corrected chi connectivity index (χ1v) is 7.43. The van der Waals surface area contributed by atoms with E-state index in [1.165, 1.54) is 5.39 Å². The highest BCUT2D eigenvalue weighted by Gasteiger charge is 2.20. The second kappa shape index (κ2) is 4.12. The lowest BCUT2D eigenvalue weighted by Gasteiger charge is -2.09. The number of fused-ring (bicyclic) bond motifs is 5. The average Bonchev–Trinajstić information content (AvgIpc) is 2.86. The lowest BCUT2D eigenvalue weighted by Crippen LogP contribution is -1.93. The Labute approximate surface area is 126 Å². The van der Waals surface area contributed by atoms with E-state index in [-0.39, 0.29) is 6.79 Å². The van der Waals surface area contributed by atoms with E-state index in [0.717, 1.165) is 36.6 Å². The third-order valence-electron chi connectivity index (χ3n) is 3.37. The molecule has 2 nitrogen and oxygen atoms in total. The minimum absolute atomic E-state index is 0.283. The van der Waals surface area contributed by atoms with Gasteiger partial charge < -0.3 is 9.47 Å². The Morgan fingerprint density at radius 1 is 0.895 bits per heavy atom. The largest absolute Gasteiger partial charge is 0.454 e. The van der Waals surface area contributed by atoms with Crippen LogP contribution in [0.1, 0.15) is 0 Å². The van der Waals surface area contributed by atoms with Gasteiger partial charge in [-0.15, -0.1) is 0 Å². The van der Waals surface area contributed by atoms with Gasteiger partial charge in [0, 0.05) is 19.7 Å². The highest BCUT2D eigenvalue weighted by molar-refractivity contribution is 9.11. The minimum Gasteiger partial charge on any atom is -0.454 e. The summed E-state index contributed by atoms with van der Waals surface area (Å²) in [5, 5.41) is 4.58. The molecule has 0 bridgehead atoms. The third kappa shape index (κ3) is 1.66. The topological polar surface area (TPSA) is 18.5 Å². The fraction of sp³-hybridized carbons (Fsp3) is 0.0667. The summed E-state index contributed by atoms with van der Waals surface area (Å²) in [7, 11) is 0. The van der Waals surface area contributed by atoms with E-state index in [0.29, 0.717) is 0 Å². The Kier molecular flexibility index (Phi) is 2.50. The molecule has 0 atom stereocenters. The Morgan fingerprint density at radius 2 is 1.74 bits per heavy atom. The Morgan fingerprint density at radius 3 is 2.63 bits per heavy atom. The van der Waals surface area contributed by atoms with E-state index in [1.807, 2.05) is 12.1 Å². The van der Waals surface area contributed by atoms with Crippen molar-refractivity contribution in [3.05, 3.63) is 45.3 Å². The van der Waals surface area contributed by atoms with Crippen LogP contribution in [-0.2, 0) is 0 Å². The van der Waals surface area contributed by atoms with Crippen LogP contribution in [0.3, 0.4) is 0 Å². The first-order chi connectivity index (χ1) is 9.24. The minimum atomic E-state index is 0.283. The van der Waals surface area contributed by atoms with Crippen molar-refractivity contribution >= 4 is 53.4 Å². The van der Waals surface area contributed by atoms with Crippen molar-refractivity contribution < 1.29 is 9.47 Å². The number of benzene rings is 3. The molecule has 0 fully saturated rings. The molecule has 1 heterocycles. The standard InChI is InChI=1S/C15H8Br2O2/c16-9-3-1-8-2-4-10-12(17)6-13-15(19-7-18-13)14(10)11(8)5-9/h1-6H,7H2. The first-order valence-electron chi connectivity index (χ1n) is 5.84. The third-order valence-corrected chi connectivity index (χ3v) is 4.52. The fourth-order valence-electron chi connectivity index (χ4n) is 2.52. The molecule has 19 heavy (non-hydrogen) atoms. The van der Waals surface area contributed by atoms with Gasteiger partial charge in [0.25, 0.3) is 0 Å². The maximum absolute atomic E-state index is 5.66. The van der Waals surface area contributed by atoms with Crippen LogP contribution in [0, 0.1) is 0 Å². The van der Waals surface area contributed by atoms with Gasteiger partial charge in [0.05, 0.1) is 0 Å². The molecule has 4 heteroatoms. The summed E-state index contributed by atoms with van der Waals surface area (Å²) < 4.78 is 13.2. The van der Waals surface area contributed by atoms with Crippen molar-refractivity contribution in [3.8, 4) is 11.5 Å². The van der Waals surface area contributed by atoms with Gasteiger partial charge in [0.1, 0.15) is 0 Å². The number of ether oxygens (including phenoxy) is 2. The van der Waals surface area contributed by atoms with Crippen molar-refractivity contribution in [3.63, 3.8) is 0 Å². The Bertz CT molecular complexity index is 827. The summed E-state index contributed by atoms with van der Waals surface area (Å²) in [6, 6.07) is 12.5. The zero-order chi connectivity index (χ0) is 13.0. The Balaban J connectivity index is 2.28. The van der Waals surface area contributed by atoms with Crippen LogP contribution in [0.15, 0.2) is 45.3 Å². The predicted molar refractivity (Wildman–Crippen MR) is 83.0 cm³/mol. The van der Waals surface area contributed by atoms with E-state index in [4.69, 9.17) is 9.47 Å². The first kappa shape index (κ1) is 11.6. The molecule has 0 saturated carbocycles. The molecule has 1 aliphatic rings. The molecule has 4 rings (SSSR count). The fourth-order valence-corrected chi connectivity index (χ4v) is 3.42. The van der Waals surface area contributed by atoms with E-state index in [1.54, 1.807) is 0 Å². The quantitative estimate of drug-likeness (QED) is 0.497. The van der Waals surface area contributed by atoms with Crippen LogP contribution in [0.2, 0.25) is 0 Å². The number of hydrogen-bond donors (Lipinski definition) is 0. The molecule has 94 valence electrons. The van der Waals surface area contributed by atoms with Crippen molar-refractivity contribution in [1.82, 2.24) is 0 Å². The lowest BCUT2D eigenvalue weighted by molar-refractivity contribution is 0.175. The second-order valence-electron chi connectivity index (χ2n) is 4.45. The summed E-state index contributed by atoms with van der Waals surface area (Å²) in [4.78, 5) is 0. The molecule has 0 saturated heterocycles. The van der Waals surface area contributed by atoms with Crippen LogP contribution in [-0.4, -0.2) is 6.79 Å². The van der Waals surface area contributed by atoms with Crippen molar-refractivity contribution in [1.29, 1.82) is 0 Å². The van der Waals surface area contributed by atoms with Gasteiger partial charge >= 0.3 is 0 Å². The molecule has 0 spiro atoms. The number of rotatable bonds is 0. The molecular weight excluding hydrogens is 372 g/mol. The predicted octanol–water partition coefficient (Wildman–Crippen LogP) is 5.25. The second-order valence-corrected chi connectivity index (χ2v) is 6.22. The van der Waals surface area contributed by atoms with Gasteiger partial charge in [-0.1, -0.05) is 50.1 Å². The summed E-state index contributed by atoms with van der Waals surface area (Å²) in [6.45, 7) is 0.283. The van der Waals surface area contributed by atoms with Crippen molar-refractivity contribution in [2.24, 2.45) is 0 Å². The van der Waals surface area contributed by atoms with Gasteiger partial charge in [-0.2, -0.15) is 0 Å². The zero-order valence-electron chi connectivity index (χ0n) is 9.74. The zero-order valence-corrected chi connectivity index (χ0v) is 12.9. The molecule has 0 aliphatic carbocycles. The molecule has 1 aliphatic heterocycles. The highest BCUT2D eigenvalue weighted by atomic mass is 79.9. The van der Waals surface area contributed by atoms with E-state index in [9.17, 15) is 0 Å². The molecular formula is C15H8Br2O2. The van der Waals surface area contributed by atoms with Crippen LogP contribution in [0.25, 0.3) is 21.5 Å². The average molecular weight is 380 g/mol. The van der Waals surface area contributed by atoms with E-state index >= 15 is 0 Å². The molecule has 0 radical (unpaired) electrons. The maximum Gasteiger partial charge on any atom is 0.231 e. The van der Waals surface area contributed by atoms with Crippen LogP contribution < -0.4 is 9.47 Å². The van der Waals surface area contributed by atoms with Gasteiger partial charge in [0.15, 0.2) is 11.5 Å². The van der Waals surface area contributed by atoms with E-state index in [2.05, 4.69) is 56.1 Å². The smallest absolute Gasteiger partial charge is 0.231 e. The molecule has 3 aromatic rings. The van der Waals surface area contributed by atoms with Gasteiger partial charge in [-0.25, -0.2) is 0 Å². The normalized spacial score (nSPS) is 13.4. The summed E-state index contributed by atoms with van der Waals surface area (Å²) in [5.41, 5.74) is 0. The summed E-state index contributed by atoms with van der Waals surface area (Å²) >= 11 is 7.14. The molecule has 3 aromatic carbocycles. The molecule has 0 aromatic heterocycles. The molecule has 0 amide bonds. The molecule has 0 N–H and O–H groups in total. The van der Waals surface area contributed by atoms with Crippen LogP contribution in [0.5, 0.6) is 11.5 Å². The van der Waals surface area contributed by atoms with Crippen molar-refractivity contribution in [2.75, 3.05) is 6.79 Å². The Hall–Kier alpha value is -1.26.